The number of nitrogens with two attached hydrogens (primary N) is 1. The van der Waals surface area contributed by atoms with Crippen LogP contribution in [-0.4, -0.2) is 38.1 Å². The summed E-state index contributed by atoms with van der Waals surface area (Å²) in [7, 11) is -1.60. The van der Waals surface area contributed by atoms with Crippen LogP contribution in [0.3, 0.4) is 0 Å². The number of benzene rings is 1. The van der Waals surface area contributed by atoms with Gasteiger partial charge < -0.3 is 5.73 Å². The maximum absolute atomic E-state index is 12.5. The minimum atomic E-state index is -3.27. The van der Waals surface area contributed by atoms with Gasteiger partial charge in [-0.15, -0.1) is 0 Å². The van der Waals surface area contributed by atoms with Crippen LogP contribution in [0.15, 0.2) is 30.3 Å². The van der Waals surface area contributed by atoms with Crippen molar-refractivity contribution in [2.75, 3.05) is 19.3 Å². The predicted molar refractivity (Wildman–Crippen MR) is 82.0 cm³/mol. The van der Waals surface area contributed by atoms with Crippen LogP contribution in [0.4, 0.5) is 0 Å². The molecule has 1 aromatic rings. The second-order valence-electron chi connectivity index (χ2n) is 5.75. The molecule has 0 bridgehead atoms. The number of hydrogen-bond acceptors (Lipinski definition) is 3. The number of hydrogen-bond donors (Lipinski definition) is 1. The average molecular weight is 296 g/mol. The molecule has 1 saturated carbocycles. The van der Waals surface area contributed by atoms with E-state index in [1.54, 1.807) is 7.05 Å². The van der Waals surface area contributed by atoms with Gasteiger partial charge in [0.1, 0.15) is 0 Å². The third-order valence-corrected chi connectivity index (χ3v) is 6.21. The molecule has 0 radical (unpaired) electrons. The summed E-state index contributed by atoms with van der Waals surface area (Å²) in [6, 6.07) is 9.73. The number of rotatable bonds is 7. The summed E-state index contributed by atoms with van der Waals surface area (Å²) in [6.07, 6.45) is 2.19. The molecular weight excluding hydrogens is 272 g/mol. The molecule has 0 spiro atoms. The van der Waals surface area contributed by atoms with Crippen molar-refractivity contribution < 1.29 is 8.42 Å². The summed E-state index contributed by atoms with van der Waals surface area (Å²) in [5, 5.41) is 0. The molecule has 1 fully saturated rings. The lowest BCUT2D eigenvalue weighted by molar-refractivity contribution is 0.339. The van der Waals surface area contributed by atoms with Gasteiger partial charge in [0.15, 0.2) is 0 Å². The summed E-state index contributed by atoms with van der Waals surface area (Å²) in [5.41, 5.74) is 6.80. The highest BCUT2D eigenvalue weighted by Crippen LogP contribution is 2.35. The Kier molecular flexibility index (Phi) is 4.83. The summed E-state index contributed by atoms with van der Waals surface area (Å²) >= 11 is 0. The lowest BCUT2D eigenvalue weighted by Gasteiger charge is -2.27. The van der Waals surface area contributed by atoms with E-state index in [0.717, 1.165) is 18.4 Å². The van der Waals surface area contributed by atoms with Crippen LogP contribution >= 0.6 is 0 Å². The average Bonchev–Trinajstić information content (AvgIpc) is 3.24. The molecule has 1 aromatic carbocycles. The number of nitrogens with zero attached hydrogens (tertiary/aromatic N) is 1. The Morgan fingerprint density at radius 2 is 1.90 bits per heavy atom. The van der Waals surface area contributed by atoms with Gasteiger partial charge >= 0.3 is 0 Å². The zero-order valence-electron chi connectivity index (χ0n) is 12.2. The minimum absolute atomic E-state index is 0.0127. The molecule has 1 aliphatic carbocycles. The quantitative estimate of drug-likeness (QED) is 0.834. The van der Waals surface area contributed by atoms with E-state index in [0.29, 0.717) is 12.5 Å². The van der Waals surface area contributed by atoms with Gasteiger partial charge in [-0.1, -0.05) is 37.3 Å². The lowest BCUT2D eigenvalue weighted by atomic mass is 10.0. The Morgan fingerprint density at radius 1 is 1.30 bits per heavy atom. The Labute approximate surface area is 122 Å². The highest BCUT2D eigenvalue weighted by atomic mass is 32.2. The molecule has 2 atom stereocenters. The normalized spacial score (nSPS) is 19.0. The SMILES string of the molecule is CC(CS(=O)(=O)N(C)C(CN)C1CC1)c1ccccc1. The third-order valence-electron chi connectivity index (χ3n) is 4.14. The van der Waals surface area contributed by atoms with Crippen molar-refractivity contribution >= 4 is 10.0 Å². The van der Waals surface area contributed by atoms with E-state index in [9.17, 15) is 8.42 Å². The molecule has 2 N–H and O–H groups in total. The van der Waals surface area contributed by atoms with Crippen LogP contribution in [0.25, 0.3) is 0 Å². The fraction of sp³-hybridized carbons (Fsp3) is 0.600. The maximum atomic E-state index is 12.5. The molecule has 2 unspecified atom stereocenters. The van der Waals surface area contributed by atoms with Crippen LogP contribution in [0.1, 0.15) is 31.2 Å². The monoisotopic (exact) mass is 296 g/mol. The van der Waals surface area contributed by atoms with Crippen molar-refractivity contribution in [2.45, 2.75) is 31.7 Å². The first-order valence-corrected chi connectivity index (χ1v) is 8.77. The van der Waals surface area contributed by atoms with Gasteiger partial charge in [-0.25, -0.2) is 12.7 Å². The Bertz CT molecular complexity index is 526. The van der Waals surface area contributed by atoms with Gasteiger partial charge in [0, 0.05) is 19.6 Å². The van der Waals surface area contributed by atoms with E-state index >= 15 is 0 Å². The number of sulfonamides is 1. The zero-order valence-corrected chi connectivity index (χ0v) is 13.0. The van der Waals surface area contributed by atoms with Gasteiger partial charge in [0.25, 0.3) is 0 Å². The standard InChI is InChI=1S/C15H24N2O2S/c1-12(13-6-4-3-5-7-13)11-20(18,19)17(2)15(10-16)14-8-9-14/h3-7,12,14-15H,8-11,16H2,1-2H3. The van der Waals surface area contributed by atoms with E-state index in [1.807, 2.05) is 37.3 Å². The van der Waals surface area contributed by atoms with Crippen molar-refractivity contribution in [1.29, 1.82) is 0 Å². The number of likely N-dealkylation sites (N-methyl/N-ethyl adjacent to an activating group) is 1. The zero-order chi connectivity index (χ0) is 14.8. The van der Waals surface area contributed by atoms with E-state index in [1.165, 1.54) is 4.31 Å². The predicted octanol–water partition coefficient (Wildman–Crippen LogP) is 1.79. The van der Waals surface area contributed by atoms with Crippen molar-refractivity contribution in [3.05, 3.63) is 35.9 Å². The van der Waals surface area contributed by atoms with Gasteiger partial charge in [0.05, 0.1) is 5.75 Å². The molecule has 20 heavy (non-hydrogen) atoms. The molecule has 0 saturated heterocycles. The summed E-state index contributed by atoms with van der Waals surface area (Å²) in [4.78, 5) is 0. The Balaban J connectivity index is 2.06. The fourth-order valence-electron chi connectivity index (χ4n) is 2.64. The fourth-order valence-corrected chi connectivity index (χ4v) is 4.37. The Hall–Kier alpha value is -0.910. The largest absolute Gasteiger partial charge is 0.329 e. The molecular formula is C15H24N2O2S. The molecule has 0 aliphatic heterocycles. The summed E-state index contributed by atoms with van der Waals surface area (Å²) in [5.74, 6) is 0.574. The summed E-state index contributed by atoms with van der Waals surface area (Å²) < 4.78 is 26.5. The van der Waals surface area contributed by atoms with Crippen LogP contribution in [0.5, 0.6) is 0 Å². The van der Waals surface area contributed by atoms with Crippen molar-refractivity contribution in [2.24, 2.45) is 11.7 Å². The highest BCUT2D eigenvalue weighted by Gasteiger charge is 2.37. The van der Waals surface area contributed by atoms with Gasteiger partial charge in [-0.05, 0) is 30.2 Å². The van der Waals surface area contributed by atoms with E-state index in [2.05, 4.69) is 0 Å². The van der Waals surface area contributed by atoms with Crippen molar-refractivity contribution in [1.82, 2.24) is 4.31 Å². The van der Waals surface area contributed by atoms with Crippen LogP contribution < -0.4 is 5.73 Å². The topological polar surface area (TPSA) is 63.4 Å². The van der Waals surface area contributed by atoms with E-state index in [4.69, 9.17) is 5.73 Å². The molecule has 5 heteroatoms. The van der Waals surface area contributed by atoms with Crippen molar-refractivity contribution in [3.8, 4) is 0 Å². The minimum Gasteiger partial charge on any atom is -0.329 e. The molecule has 4 nitrogen and oxygen atoms in total. The van der Waals surface area contributed by atoms with E-state index in [-0.39, 0.29) is 17.7 Å². The smallest absolute Gasteiger partial charge is 0.214 e. The molecule has 112 valence electrons. The molecule has 0 heterocycles. The van der Waals surface area contributed by atoms with Gasteiger partial charge in [-0.3, -0.25) is 0 Å². The third kappa shape index (κ3) is 3.59. The summed E-state index contributed by atoms with van der Waals surface area (Å²) in [6.45, 7) is 2.36. The highest BCUT2D eigenvalue weighted by molar-refractivity contribution is 7.89. The first kappa shape index (κ1) is 15.5. The second-order valence-corrected chi connectivity index (χ2v) is 7.82. The van der Waals surface area contributed by atoms with Gasteiger partial charge in [-0.2, -0.15) is 0 Å². The van der Waals surface area contributed by atoms with Crippen LogP contribution in [0, 0.1) is 5.92 Å². The first-order chi connectivity index (χ1) is 9.45. The van der Waals surface area contributed by atoms with Crippen LogP contribution in [-0.2, 0) is 10.0 Å². The molecule has 2 rings (SSSR count). The first-order valence-electron chi connectivity index (χ1n) is 7.16. The Morgan fingerprint density at radius 3 is 2.40 bits per heavy atom. The molecule has 0 amide bonds. The van der Waals surface area contributed by atoms with E-state index < -0.39 is 10.0 Å². The van der Waals surface area contributed by atoms with Crippen molar-refractivity contribution in [3.63, 3.8) is 0 Å². The van der Waals surface area contributed by atoms with Gasteiger partial charge in [0.2, 0.25) is 10.0 Å². The second kappa shape index (κ2) is 6.24. The maximum Gasteiger partial charge on any atom is 0.214 e. The van der Waals surface area contributed by atoms with Crippen LogP contribution in [0.2, 0.25) is 0 Å². The molecule has 1 aliphatic rings. The lowest BCUT2D eigenvalue weighted by Crippen LogP contribution is -2.44. The molecule has 0 aromatic heterocycles.